The van der Waals surface area contributed by atoms with Crippen LogP contribution in [0.3, 0.4) is 0 Å². The second-order valence-electron chi connectivity index (χ2n) is 5.31. The lowest BCUT2D eigenvalue weighted by Crippen LogP contribution is -2.29. The molecular formula is C18H16N4O2. The number of aromatic nitrogens is 3. The number of aryl methyl sites for hydroxylation is 1. The van der Waals surface area contributed by atoms with Gasteiger partial charge in [-0.3, -0.25) is 14.9 Å². The predicted molar refractivity (Wildman–Crippen MR) is 91.0 cm³/mol. The van der Waals surface area contributed by atoms with E-state index < -0.39 is 5.91 Å². The van der Waals surface area contributed by atoms with Gasteiger partial charge < -0.3 is 4.57 Å². The molecule has 0 saturated carbocycles. The summed E-state index contributed by atoms with van der Waals surface area (Å²) in [6.07, 6.45) is 4.71. The van der Waals surface area contributed by atoms with Crippen molar-refractivity contribution in [3.8, 4) is 0 Å². The summed E-state index contributed by atoms with van der Waals surface area (Å²) in [7, 11) is 0. The van der Waals surface area contributed by atoms with Crippen LogP contribution in [0.2, 0.25) is 0 Å². The zero-order valence-corrected chi connectivity index (χ0v) is 13.1. The van der Waals surface area contributed by atoms with Crippen LogP contribution in [0, 0.1) is 6.92 Å². The average molecular weight is 320 g/mol. The summed E-state index contributed by atoms with van der Waals surface area (Å²) in [4.78, 5) is 32.7. The summed E-state index contributed by atoms with van der Waals surface area (Å²) in [6.45, 7) is 2.40. The minimum absolute atomic E-state index is 0.0542. The van der Waals surface area contributed by atoms with E-state index in [2.05, 4.69) is 15.3 Å². The van der Waals surface area contributed by atoms with E-state index >= 15 is 0 Å². The van der Waals surface area contributed by atoms with E-state index in [9.17, 15) is 9.59 Å². The summed E-state index contributed by atoms with van der Waals surface area (Å²) in [5.41, 5.74) is 1.83. The Kier molecular flexibility index (Phi) is 4.47. The van der Waals surface area contributed by atoms with E-state index in [4.69, 9.17) is 0 Å². The number of amides is 1. The molecule has 1 N–H and O–H groups in total. The molecule has 0 aliphatic carbocycles. The van der Waals surface area contributed by atoms with Crippen LogP contribution in [0.1, 0.15) is 21.5 Å². The van der Waals surface area contributed by atoms with Gasteiger partial charge in [-0.25, -0.2) is 9.97 Å². The Morgan fingerprint density at radius 1 is 1.08 bits per heavy atom. The number of nitrogens with zero attached hydrogens (tertiary/aromatic N) is 3. The van der Waals surface area contributed by atoms with Crippen LogP contribution in [0.5, 0.6) is 0 Å². The predicted octanol–water partition coefficient (Wildman–Crippen LogP) is 2.25. The van der Waals surface area contributed by atoms with Crippen molar-refractivity contribution < 1.29 is 4.79 Å². The second kappa shape index (κ2) is 6.87. The fourth-order valence-electron chi connectivity index (χ4n) is 2.34. The molecule has 0 aliphatic heterocycles. The van der Waals surface area contributed by atoms with E-state index in [1.807, 2.05) is 31.2 Å². The third kappa shape index (κ3) is 3.38. The van der Waals surface area contributed by atoms with E-state index in [0.717, 1.165) is 11.1 Å². The van der Waals surface area contributed by atoms with Gasteiger partial charge in [-0.15, -0.1) is 0 Å². The molecule has 24 heavy (non-hydrogen) atoms. The molecule has 6 heteroatoms. The van der Waals surface area contributed by atoms with E-state index in [1.165, 1.54) is 23.0 Å². The van der Waals surface area contributed by atoms with Gasteiger partial charge >= 0.3 is 0 Å². The summed E-state index contributed by atoms with van der Waals surface area (Å²) in [5, 5.41) is 2.53. The van der Waals surface area contributed by atoms with Gasteiger partial charge in [-0.1, -0.05) is 24.3 Å². The molecule has 2 aromatic heterocycles. The maximum atomic E-state index is 12.6. The van der Waals surface area contributed by atoms with Gasteiger partial charge in [0.25, 0.3) is 11.5 Å². The number of hydrogen-bond acceptors (Lipinski definition) is 4. The van der Waals surface area contributed by atoms with Gasteiger partial charge in [0.1, 0.15) is 5.56 Å². The van der Waals surface area contributed by atoms with Crippen molar-refractivity contribution in [3.05, 3.63) is 88.1 Å². The van der Waals surface area contributed by atoms with Crippen LogP contribution < -0.4 is 10.9 Å². The molecule has 3 rings (SSSR count). The monoisotopic (exact) mass is 320 g/mol. The van der Waals surface area contributed by atoms with Crippen LogP contribution >= 0.6 is 0 Å². The third-order valence-electron chi connectivity index (χ3n) is 3.66. The van der Waals surface area contributed by atoms with Crippen molar-refractivity contribution in [2.24, 2.45) is 0 Å². The Bertz CT molecular complexity index is 920. The Balaban J connectivity index is 1.87. The van der Waals surface area contributed by atoms with Crippen molar-refractivity contribution in [1.82, 2.24) is 14.5 Å². The lowest BCUT2D eigenvalue weighted by Gasteiger charge is -2.10. The highest BCUT2D eigenvalue weighted by molar-refractivity contribution is 6.02. The van der Waals surface area contributed by atoms with Crippen LogP contribution in [0.4, 0.5) is 5.95 Å². The molecule has 1 aromatic carbocycles. The minimum atomic E-state index is -0.523. The maximum absolute atomic E-state index is 12.6. The van der Waals surface area contributed by atoms with E-state index in [0.29, 0.717) is 6.54 Å². The molecule has 0 unspecified atom stereocenters. The highest BCUT2D eigenvalue weighted by Crippen LogP contribution is 2.08. The summed E-state index contributed by atoms with van der Waals surface area (Å²) < 4.78 is 1.52. The Hall–Kier alpha value is -3.28. The lowest BCUT2D eigenvalue weighted by atomic mass is 10.1. The summed E-state index contributed by atoms with van der Waals surface area (Å²) in [5.74, 6) is -0.360. The fraction of sp³-hybridized carbons (Fsp3) is 0.111. The average Bonchev–Trinajstić information content (AvgIpc) is 2.59. The molecule has 0 atom stereocenters. The third-order valence-corrected chi connectivity index (χ3v) is 3.66. The Morgan fingerprint density at radius 3 is 2.58 bits per heavy atom. The number of carbonyl (C=O) groups is 1. The first-order valence-corrected chi connectivity index (χ1v) is 7.47. The van der Waals surface area contributed by atoms with Crippen molar-refractivity contribution in [1.29, 1.82) is 0 Å². The number of nitrogens with one attached hydrogen (secondary N) is 1. The molecule has 0 aliphatic rings. The molecule has 3 aromatic rings. The quantitative estimate of drug-likeness (QED) is 0.800. The number of carbonyl (C=O) groups excluding carboxylic acids is 1. The zero-order chi connectivity index (χ0) is 16.9. The summed E-state index contributed by atoms with van der Waals surface area (Å²) in [6, 6.07) is 12.7. The van der Waals surface area contributed by atoms with Crippen molar-refractivity contribution >= 4 is 11.9 Å². The number of hydrogen-bond donors (Lipinski definition) is 1. The van der Waals surface area contributed by atoms with Crippen LogP contribution in [0.15, 0.2) is 65.8 Å². The normalized spacial score (nSPS) is 10.4. The molecule has 0 bridgehead atoms. The van der Waals surface area contributed by atoms with Gasteiger partial charge in [0.2, 0.25) is 5.95 Å². The number of pyridine rings is 1. The fourth-order valence-corrected chi connectivity index (χ4v) is 2.34. The first-order chi connectivity index (χ1) is 11.6. The highest BCUT2D eigenvalue weighted by Gasteiger charge is 2.13. The Labute approximate surface area is 138 Å². The topological polar surface area (TPSA) is 76.9 Å². The Morgan fingerprint density at radius 2 is 1.83 bits per heavy atom. The number of benzene rings is 1. The van der Waals surface area contributed by atoms with E-state index in [-0.39, 0.29) is 17.1 Å². The van der Waals surface area contributed by atoms with Crippen molar-refractivity contribution in [2.75, 3.05) is 5.32 Å². The summed E-state index contributed by atoms with van der Waals surface area (Å²) >= 11 is 0. The molecule has 0 saturated heterocycles. The standard InChI is InChI=1S/C18H16N4O2/c1-13-6-2-3-7-14(13)12-22-11-4-8-15(17(22)24)16(23)21-18-19-9-5-10-20-18/h2-11H,12H2,1H3,(H,19,20,21,23). The first kappa shape index (κ1) is 15.6. The van der Waals surface area contributed by atoms with Gasteiger partial charge in [0.05, 0.1) is 6.54 Å². The highest BCUT2D eigenvalue weighted by atomic mass is 16.2. The molecule has 0 fully saturated rings. The molecule has 120 valence electrons. The van der Waals surface area contributed by atoms with E-state index in [1.54, 1.807) is 18.3 Å². The van der Waals surface area contributed by atoms with Gasteiger partial charge in [0.15, 0.2) is 0 Å². The maximum Gasteiger partial charge on any atom is 0.263 e. The smallest absolute Gasteiger partial charge is 0.263 e. The zero-order valence-electron chi connectivity index (χ0n) is 13.1. The number of rotatable bonds is 4. The van der Waals surface area contributed by atoms with Crippen LogP contribution in [-0.4, -0.2) is 20.4 Å². The largest absolute Gasteiger partial charge is 0.310 e. The first-order valence-electron chi connectivity index (χ1n) is 7.47. The van der Waals surface area contributed by atoms with Crippen molar-refractivity contribution in [2.45, 2.75) is 13.5 Å². The SMILES string of the molecule is Cc1ccccc1Cn1cccc(C(=O)Nc2ncccn2)c1=O. The second-order valence-corrected chi connectivity index (χ2v) is 5.31. The van der Waals surface area contributed by atoms with Gasteiger partial charge in [-0.05, 0) is 36.2 Å². The number of anilines is 1. The van der Waals surface area contributed by atoms with Crippen molar-refractivity contribution in [3.63, 3.8) is 0 Å². The van der Waals surface area contributed by atoms with Gasteiger partial charge in [0, 0.05) is 18.6 Å². The lowest BCUT2D eigenvalue weighted by molar-refractivity contribution is 0.102. The van der Waals surface area contributed by atoms with Gasteiger partial charge in [-0.2, -0.15) is 0 Å². The molecule has 0 radical (unpaired) electrons. The van der Waals surface area contributed by atoms with Crippen LogP contribution in [-0.2, 0) is 6.54 Å². The minimum Gasteiger partial charge on any atom is -0.310 e. The molecule has 6 nitrogen and oxygen atoms in total. The molecular weight excluding hydrogens is 304 g/mol. The van der Waals surface area contributed by atoms with Crippen LogP contribution in [0.25, 0.3) is 0 Å². The molecule has 0 spiro atoms. The molecule has 2 heterocycles. The molecule has 1 amide bonds.